The molecule has 1 fully saturated rings. The fraction of sp³-hybridized carbons (Fsp3) is 0.583. The van der Waals surface area contributed by atoms with Gasteiger partial charge in [-0.05, 0) is 13.8 Å². The second-order valence-electron chi connectivity index (χ2n) is 4.70. The maximum atomic E-state index is 12.1. The van der Waals surface area contributed by atoms with Crippen molar-refractivity contribution in [3.63, 3.8) is 0 Å². The van der Waals surface area contributed by atoms with Gasteiger partial charge in [-0.1, -0.05) is 5.16 Å². The molecule has 1 atom stereocenters. The zero-order valence-electron chi connectivity index (χ0n) is 10.8. The van der Waals surface area contributed by atoms with Crippen LogP contribution in [0.25, 0.3) is 0 Å². The first-order valence-electron chi connectivity index (χ1n) is 5.92. The van der Waals surface area contributed by atoms with Crippen molar-refractivity contribution < 1.29 is 14.1 Å². The number of carbonyl (C=O) groups excluding carboxylic acids is 2. The highest BCUT2D eigenvalue weighted by Crippen LogP contribution is 2.17. The van der Waals surface area contributed by atoms with Crippen LogP contribution in [0.4, 0.5) is 0 Å². The maximum absolute atomic E-state index is 12.1. The predicted molar refractivity (Wildman–Crippen MR) is 63.6 cm³/mol. The molecular weight excluding hydrogens is 234 g/mol. The van der Waals surface area contributed by atoms with Crippen LogP contribution in [0.5, 0.6) is 0 Å². The molecule has 1 aromatic heterocycles. The molecule has 1 aromatic rings. The molecule has 0 saturated carbocycles. The summed E-state index contributed by atoms with van der Waals surface area (Å²) in [5.74, 6) is 0.406. The monoisotopic (exact) mass is 251 g/mol. The van der Waals surface area contributed by atoms with Crippen LogP contribution in [-0.4, -0.2) is 35.5 Å². The number of nitrogens with one attached hydrogen (secondary N) is 1. The molecule has 0 aliphatic carbocycles. The molecule has 1 unspecified atom stereocenters. The van der Waals surface area contributed by atoms with Gasteiger partial charge in [0, 0.05) is 25.6 Å². The van der Waals surface area contributed by atoms with Crippen molar-refractivity contribution in [3.8, 4) is 0 Å². The van der Waals surface area contributed by atoms with Gasteiger partial charge in [0.15, 0.2) is 0 Å². The fourth-order valence-corrected chi connectivity index (χ4v) is 2.13. The molecule has 0 aromatic carbocycles. The van der Waals surface area contributed by atoms with E-state index in [9.17, 15) is 9.59 Å². The first kappa shape index (κ1) is 12.6. The molecule has 6 heteroatoms. The highest BCUT2D eigenvalue weighted by molar-refractivity contribution is 5.89. The van der Waals surface area contributed by atoms with E-state index >= 15 is 0 Å². The minimum atomic E-state index is -0.247. The van der Waals surface area contributed by atoms with E-state index in [1.165, 1.54) is 0 Å². The lowest BCUT2D eigenvalue weighted by Crippen LogP contribution is -2.33. The van der Waals surface area contributed by atoms with Gasteiger partial charge in [-0.2, -0.15) is 0 Å². The standard InChI is InChI=1S/C12H17N3O3/c1-7-10(8(2)18-14-7)6-15(3)12(17)9-4-11(16)13-5-9/h9H,4-6H2,1-3H3,(H,13,16). The largest absolute Gasteiger partial charge is 0.361 e. The van der Waals surface area contributed by atoms with Gasteiger partial charge in [0.05, 0.1) is 18.2 Å². The Morgan fingerprint density at radius 3 is 2.78 bits per heavy atom. The normalized spacial score (nSPS) is 18.8. The van der Waals surface area contributed by atoms with Crippen molar-refractivity contribution in [3.05, 3.63) is 17.0 Å². The second kappa shape index (κ2) is 4.80. The Hall–Kier alpha value is -1.85. The average molecular weight is 251 g/mol. The smallest absolute Gasteiger partial charge is 0.228 e. The number of nitrogens with zero attached hydrogens (tertiary/aromatic N) is 2. The first-order chi connectivity index (χ1) is 8.49. The molecule has 0 radical (unpaired) electrons. The molecule has 1 aliphatic rings. The van der Waals surface area contributed by atoms with Crippen LogP contribution in [0.2, 0.25) is 0 Å². The second-order valence-corrected chi connectivity index (χ2v) is 4.70. The first-order valence-corrected chi connectivity index (χ1v) is 5.92. The number of rotatable bonds is 3. The Morgan fingerprint density at radius 2 is 2.28 bits per heavy atom. The number of aromatic nitrogens is 1. The van der Waals surface area contributed by atoms with Crippen LogP contribution in [-0.2, 0) is 16.1 Å². The van der Waals surface area contributed by atoms with Gasteiger partial charge in [0.2, 0.25) is 11.8 Å². The van der Waals surface area contributed by atoms with Crippen LogP contribution in [0, 0.1) is 19.8 Å². The highest BCUT2D eigenvalue weighted by Gasteiger charge is 2.30. The van der Waals surface area contributed by atoms with E-state index in [0.29, 0.717) is 13.1 Å². The van der Waals surface area contributed by atoms with Crippen molar-refractivity contribution in [2.24, 2.45) is 5.92 Å². The van der Waals surface area contributed by atoms with Gasteiger partial charge >= 0.3 is 0 Å². The SMILES string of the molecule is Cc1noc(C)c1CN(C)C(=O)C1CNC(=O)C1. The molecular formula is C12H17N3O3. The quantitative estimate of drug-likeness (QED) is 0.843. The maximum Gasteiger partial charge on any atom is 0.228 e. The Kier molecular flexibility index (Phi) is 3.36. The van der Waals surface area contributed by atoms with E-state index in [4.69, 9.17) is 4.52 Å². The summed E-state index contributed by atoms with van der Waals surface area (Å²) in [4.78, 5) is 24.8. The van der Waals surface area contributed by atoms with Gasteiger partial charge in [-0.3, -0.25) is 9.59 Å². The number of hydrogen-bond acceptors (Lipinski definition) is 4. The molecule has 1 N–H and O–H groups in total. The zero-order chi connectivity index (χ0) is 13.3. The van der Waals surface area contributed by atoms with Crippen LogP contribution < -0.4 is 5.32 Å². The van der Waals surface area contributed by atoms with Gasteiger partial charge in [-0.25, -0.2) is 0 Å². The molecule has 2 heterocycles. The summed E-state index contributed by atoms with van der Waals surface area (Å²) in [5, 5.41) is 6.53. The van der Waals surface area contributed by atoms with Crippen LogP contribution >= 0.6 is 0 Å². The molecule has 2 rings (SSSR count). The van der Waals surface area contributed by atoms with Crippen molar-refractivity contribution in [2.45, 2.75) is 26.8 Å². The van der Waals surface area contributed by atoms with Crippen molar-refractivity contribution in [1.29, 1.82) is 0 Å². The van der Waals surface area contributed by atoms with E-state index in [2.05, 4.69) is 10.5 Å². The zero-order valence-corrected chi connectivity index (χ0v) is 10.8. The number of hydrogen-bond donors (Lipinski definition) is 1. The predicted octanol–water partition coefficient (Wildman–Crippen LogP) is 0.386. The van der Waals surface area contributed by atoms with Crippen LogP contribution in [0.1, 0.15) is 23.4 Å². The van der Waals surface area contributed by atoms with E-state index in [-0.39, 0.29) is 24.2 Å². The van der Waals surface area contributed by atoms with E-state index < -0.39 is 0 Å². The van der Waals surface area contributed by atoms with Crippen LogP contribution in [0.15, 0.2) is 4.52 Å². The molecule has 98 valence electrons. The molecule has 2 amide bonds. The lowest BCUT2D eigenvalue weighted by Gasteiger charge is -2.19. The summed E-state index contributed by atoms with van der Waals surface area (Å²) in [6, 6.07) is 0. The summed E-state index contributed by atoms with van der Waals surface area (Å²) >= 11 is 0. The lowest BCUT2D eigenvalue weighted by atomic mass is 10.1. The Bertz CT molecular complexity index is 461. The third-order valence-electron chi connectivity index (χ3n) is 3.28. The third-order valence-corrected chi connectivity index (χ3v) is 3.28. The summed E-state index contributed by atoms with van der Waals surface area (Å²) in [7, 11) is 1.73. The average Bonchev–Trinajstić information content (AvgIpc) is 2.89. The summed E-state index contributed by atoms with van der Waals surface area (Å²) in [6.45, 7) is 4.58. The Morgan fingerprint density at radius 1 is 1.56 bits per heavy atom. The number of amides is 2. The summed E-state index contributed by atoms with van der Waals surface area (Å²) < 4.78 is 5.06. The lowest BCUT2D eigenvalue weighted by molar-refractivity contribution is -0.135. The molecule has 0 bridgehead atoms. The highest BCUT2D eigenvalue weighted by atomic mass is 16.5. The van der Waals surface area contributed by atoms with E-state index in [0.717, 1.165) is 17.0 Å². The fourth-order valence-electron chi connectivity index (χ4n) is 2.13. The third kappa shape index (κ3) is 2.37. The molecule has 18 heavy (non-hydrogen) atoms. The Balaban J connectivity index is 2.02. The van der Waals surface area contributed by atoms with Crippen molar-refractivity contribution in [2.75, 3.05) is 13.6 Å². The minimum absolute atomic E-state index is 0.0200. The van der Waals surface area contributed by atoms with Gasteiger partial charge in [0.25, 0.3) is 0 Å². The molecule has 0 spiro atoms. The Labute approximate surface area is 105 Å². The topological polar surface area (TPSA) is 75.4 Å². The van der Waals surface area contributed by atoms with Gasteiger partial charge in [0.1, 0.15) is 5.76 Å². The summed E-state index contributed by atoms with van der Waals surface area (Å²) in [6.07, 6.45) is 0.283. The molecule has 1 saturated heterocycles. The summed E-state index contributed by atoms with van der Waals surface area (Å²) in [5.41, 5.74) is 1.73. The van der Waals surface area contributed by atoms with Gasteiger partial charge in [-0.15, -0.1) is 0 Å². The van der Waals surface area contributed by atoms with Gasteiger partial charge < -0.3 is 14.7 Å². The molecule has 1 aliphatic heterocycles. The van der Waals surface area contributed by atoms with Crippen molar-refractivity contribution in [1.82, 2.24) is 15.4 Å². The number of carbonyl (C=O) groups is 2. The molecule has 6 nitrogen and oxygen atoms in total. The van der Waals surface area contributed by atoms with E-state index in [1.807, 2.05) is 13.8 Å². The van der Waals surface area contributed by atoms with E-state index in [1.54, 1.807) is 11.9 Å². The number of aryl methyl sites for hydroxylation is 2. The minimum Gasteiger partial charge on any atom is -0.361 e. The van der Waals surface area contributed by atoms with Crippen LogP contribution in [0.3, 0.4) is 0 Å². The van der Waals surface area contributed by atoms with Crippen molar-refractivity contribution >= 4 is 11.8 Å².